The Hall–Kier alpha value is -4.90. The number of nitrogens with zero attached hydrogens (tertiary/aromatic N) is 5. The number of aryl methyl sites for hydroxylation is 2. The molecule has 5 heterocycles. The second-order valence-corrected chi connectivity index (χ2v) is 12.0. The van der Waals surface area contributed by atoms with E-state index >= 15 is 0 Å². The molecule has 2 aliphatic heterocycles. The minimum Gasteiger partial charge on any atom is -0.461 e. The summed E-state index contributed by atoms with van der Waals surface area (Å²) in [6.07, 6.45) is 7.43. The molecule has 0 spiro atoms. The molecular formula is C34H36N6O5. The van der Waals surface area contributed by atoms with Crippen molar-refractivity contribution in [2.24, 2.45) is 7.05 Å². The zero-order chi connectivity index (χ0) is 31.2. The molecule has 1 aromatic carbocycles. The number of benzene rings is 1. The van der Waals surface area contributed by atoms with Gasteiger partial charge in [0.15, 0.2) is 0 Å². The average Bonchev–Trinajstić information content (AvgIpc) is 3.41. The zero-order valence-corrected chi connectivity index (χ0v) is 25.5. The molecule has 3 aliphatic rings. The van der Waals surface area contributed by atoms with Crippen LogP contribution in [0.3, 0.4) is 0 Å². The highest BCUT2D eigenvalue weighted by molar-refractivity contribution is 6.07. The summed E-state index contributed by atoms with van der Waals surface area (Å²) in [5.41, 5.74) is 7.10. The van der Waals surface area contributed by atoms with Crippen LogP contribution in [-0.4, -0.2) is 56.8 Å². The quantitative estimate of drug-likeness (QED) is 0.304. The van der Waals surface area contributed by atoms with Crippen molar-refractivity contribution in [1.82, 2.24) is 14.1 Å². The van der Waals surface area contributed by atoms with Crippen LogP contribution in [0, 0.1) is 0 Å². The van der Waals surface area contributed by atoms with Gasteiger partial charge in [0.05, 0.1) is 23.7 Å². The van der Waals surface area contributed by atoms with Crippen LogP contribution < -0.4 is 20.7 Å². The average molecular weight is 609 g/mol. The molecule has 0 unspecified atom stereocenters. The molecule has 7 rings (SSSR count). The number of ether oxygens (including phenoxy) is 1. The van der Waals surface area contributed by atoms with Crippen LogP contribution in [0.5, 0.6) is 0 Å². The number of β-amino-alcohol motifs (C(OH)–C–C–N with tert-alkyl or cyclic N) is 1. The molecule has 1 saturated heterocycles. The first kappa shape index (κ1) is 28.8. The Morgan fingerprint density at radius 2 is 1.91 bits per heavy atom. The number of pyridine rings is 2. The molecule has 3 aromatic heterocycles. The lowest BCUT2D eigenvalue weighted by Gasteiger charge is -2.37. The molecule has 232 valence electrons. The molecule has 11 nitrogen and oxygen atoms in total. The van der Waals surface area contributed by atoms with E-state index in [9.17, 15) is 19.5 Å². The Bertz CT molecular complexity index is 1850. The van der Waals surface area contributed by atoms with Crippen molar-refractivity contribution in [2.75, 3.05) is 34.8 Å². The molecule has 1 fully saturated rings. The molecular weight excluding hydrogens is 572 g/mol. The molecule has 2 N–H and O–H groups in total. The largest absolute Gasteiger partial charge is 0.461 e. The van der Waals surface area contributed by atoms with Gasteiger partial charge in [-0.2, -0.15) is 0 Å². The Kier molecular flexibility index (Phi) is 7.40. The summed E-state index contributed by atoms with van der Waals surface area (Å²) in [5, 5.41) is 12.8. The van der Waals surface area contributed by atoms with E-state index < -0.39 is 5.97 Å². The maximum Gasteiger partial charge on any atom is 0.302 e. The van der Waals surface area contributed by atoms with Gasteiger partial charge in [0.2, 0.25) is 0 Å². The van der Waals surface area contributed by atoms with Crippen molar-refractivity contribution in [1.29, 1.82) is 0 Å². The number of nitrogens with one attached hydrogen (secondary N) is 1. The highest BCUT2D eigenvalue weighted by Gasteiger charge is 2.32. The molecule has 0 saturated carbocycles. The van der Waals surface area contributed by atoms with Gasteiger partial charge in [-0.1, -0.05) is 12.1 Å². The minimum atomic E-state index is -0.424. The van der Waals surface area contributed by atoms with Crippen LogP contribution in [0.15, 0.2) is 59.7 Å². The third-order valence-corrected chi connectivity index (χ3v) is 9.01. The lowest BCUT2D eigenvalue weighted by Crippen LogP contribution is -2.50. The van der Waals surface area contributed by atoms with Crippen LogP contribution in [0.1, 0.15) is 47.1 Å². The van der Waals surface area contributed by atoms with Gasteiger partial charge in [-0.3, -0.25) is 14.4 Å². The van der Waals surface area contributed by atoms with Crippen molar-refractivity contribution >= 4 is 34.8 Å². The number of aromatic nitrogens is 3. The van der Waals surface area contributed by atoms with E-state index in [0.29, 0.717) is 54.6 Å². The van der Waals surface area contributed by atoms with Crippen LogP contribution >= 0.6 is 0 Å². The van der Waals surface area contributed by atoms with Gasteiger partial charge in [0.25, 0.3) is 11.5 Å². The molecule has 1 amide bonds. The summed E-state index contributed by atoms with van der Waals surface area (Å²) in [7, 11) is 1.68. The highest BCUT2D eigenvalue weighted by atomic mass is 16.5. The molecule has 4 aromatic rings. The number of esters is 1. The Labute approximate surface area is 260 Å². The van der Waals surface area contributed by atoms with Crippen molar-refractivity contribution in [3.05, 3.63) is 87.7 Å². The number of hydrogen-bond donors (Lipinski definition) is 2. The smallest absolute Gasteiger partial charge is 0.302 e. The van der Waals surface area contributed by atoms with E-state index in [1.807, 2.05) is 29.2 Å². The maximum atomic E-state index is 14.0. The lowest BCUT2D eigenvalue weighted by molar-refractivity contribution is -0.142. The summed E-state index contributed by atoms with van der Waals surface area (Å²) >= 11 is 0. The molecule has 0 atom stereocenters. The highest BCUT2D eigenvalue weighted by Crippen LogP contribution is 2.36. The van der Waals surface area contributed by atoms with Gasteiger partial charge >= 0.3 is 5.97 Å². The Morgan fingerprint density at radius 3 is 2.67 bits per heavy atom. The summed E-state index contributed by atoms with van der Waals surface area (Å²) < 4.78 is 9.21. The van der Waals surface area contributed by atoms with Crippen molar-refractivity contribution in [3.8, 4) is 11.1 Å². The topological polar surface area (TPSA) is 122 Å². The summed E-state index contributed by atoms with van der Waals surface area (Å²) in [4.78, 5) is 47.4. The van der Waals surface area contributed by atoms with Crippen molar-refractivity contribution in [2.45, 2.75) is 51.9 Å². The number of amides is 1. The SMILES string of the molecule is CC(=O)OCc1c(-c2cc(Nc3ccc(N4CC(O)C4)cn3)c(=O)n(C)c2)cccc1N1CCn2c(cc3c2CCCC3)C1=O. The van der Waals surface area contributed by atoms with Crippen molar-refractivity contribution < 1.29 is 19.4 Å². The number of carbonyl (C=O) groups excluding carboxylic acids is 2. The normalized spacial score (nSPS) is 16.2. The molecule has 45 heavy (non-hydrogen) atoms. The lowest BCUT2D eigenvalue weighted by atomic mass is 9.98. The first-order chi connectivity index (χ1) is 21.8. The summed E-state index contributed by atoms with van der Waals surface area (Å²) in [6.45, 7) is 3.69. The number of carbonyl (C=O) groups is 2. The first-order valence-electron chi connectivity index (χ1n) is 15.4. The first-order valence-corrected chi connectivity index (χ1v) is 15.4. The van der Waals surface area contributed by atoms with Gasteiger partial charge in [0, 0.05) is 63.2 Å². The minimum absolute atomic E-state index is 0.0258. The zero-order valence-electron chi connectivity index (χ0n) is 25.5. The fourth-order valence-electron chi connectivity index (χ4n) is 6.69. The number of aliphatic hydroxyl groups excluding tert-OH is 1. The van der Waals surface area contributed by atoms with Crippen molar-refractivity contribution in [3.63, 3.8) is 0 Å². The number of anilines is 4. The third-order valence-electron chi connectivity index (χ3n) is 9.01. The van der Waals surface area contributed by atoms with Crippen LogP contribution in [-0.2, 0) is 42.6 Å². The standard InChI is InChI=1S/C34H36N6O5/c1-21(41)45-20-27-26(7-5-9-30(27)40-13-12-39-29-8-4-3-6-22(29)15-31(39)34(40)44)23-14-28(33(43)37(2)17-23)36-32-11-10-24(16-35-32)38-18-25(42)19-38/h5,7,9-11,14-17,25,42H,3-4,6,8,12-13,18-20H2,1-2H3,(H,35,36). The van der Waals surface area contributed by atoms with Crippen LogP contribution in [0.2, 0.25) is 0 Å². The number of aliphatic hydroxyl groups is 1. The second-order valence-electron chi connectivity index (χ2n) is 12.0. The second kappa shape index (κ2) is 11.6. The summed E-state index contributed by atoms with van der Waals surface area (Å²) in [6, 6.07) is 13.2. The van der Waals surface area contributed by atoms with Gasteiger partial charge < -0.3 is 34.1 Å². The molecule has 0 radical (unpaired) electrons. The maximum absolute atomic E-state index is 14.0. The van der Waals surface area contributed by atoms with E-state index in [4.69, 9.17) is 4.74 Å². The monoisotopic (exact) mass is 608 g/mol. The van der Waals surface area contributed by atoms with Crippen LogP contribution in [0.4, 0.5) is 22.9 Å². The van der Waals surface area contributed by atoms with Gasteiger partial charge in [0.1, 0.15) is 23.8 Å². The fraction of sp³-hybridized carbons (Fsp3) is 0.353. The Morgan fingerprint density at radius 1 is 1.09 bits per heavy atom. The van der Waals surface area contributed by atoms with E-state index in [2.05, 4.69) is 20.9 Å². The predicted octanol–water partition coefficient (Wildman–Crippen LogP) is 3.78. The molecule has 11 heteroatoms. The number of hydrogen-bond acceptors (Lipinski definition) is 8. The Balaban J connectivity index is 1.24. The van der Waals surface area contributed by atoms with E-state index in [1.165, 1.54) is 22.7 Å². The van der Waals surface area contributed by atoms with Gasteiger partial charge in [-0.05, 0) is 67.1 Å². The third kappa shape index (κ3) is 5.37. The van der Waals surface area contributed by atoms with E-state index in [1.54, 1.807) is 36.5 Å². The fourth-order valence-corrected chi connectivity index (χ4v) is 6.69. The molecule has 0 bridgehead atoms. The van der Waals surface area contributed by atoms with Gasteiger partial charge in [-0.25, -0.2) is 4.98 Å². The van der Waals surface area contributed by atoms with E-state index in [-0.39, 0.29) is 24.2 Å². The number of fused-ring (bicyclic) bond motifs is 3. The van der Waals surface area contributed by atoms with Gasteiger partial charge in [-0.15, -0.1) is 0 Å². The van der Waals surface area contributed by atoms with E-state index in [0.717, 1.165) is 42.5 Å². The number of rotatable bonds is 7. The predicted molar refractivity (Wildman–Crippen MR) is 171 cm³/mol. The van der Waals surface area contributed by atoms with Crippen LogP contribution in [0.25, 0.3) is 11.1 Å². The summed E-state index contributed by atoms with van der Waals surface area (Å²) in [5.74, 6) is 0.0156. The molecule has 1 aliphatic carbocycles.